The van der Waals surface area contributed by atoms with Crippen molar-refractivity contribution in [2.75, 3.05) is 7.11 Å². The number of rotatable bonds is 3. The summed E-state index contributed by atoms with van der Waals surface area (Å²) in [5.41, 5.74) is -0.0604. The zero-order valence-electron chi connectivity index (χ0n) is 10.0. The van der Waals surface area contributed by atoms with Gasteiger partial charge in [-0.25, -0.2) is 13.6 Å². The highest BCUT2D eigenvalue weighted by Crippen LogP contribution is 2.18. The molecular weight excluding hydrogens is 254 g/mol. The predicted molar refractivity (Wildman–Crippen MR) is 64.3 cm³/mol. The molecule has 0 fully saturated rings. The number of ether oxygens (including phenoxy) is 2. The molecule has 0 spiro atoms. The summed E-state index contributed by atoms with van der Waals surface area (Å²) < 4.78 is 35.7. The molecule has 98 valence electrons. The van der Waals surface area contributed by atoms with Crippen molar-refractivity contribution in [3.8, 4) is 11.5 Å². The third kappa shape index (κ3) is 3.07. The molecule has 3 nitrogen and oxygen atoms in total. The molecule has 0 aliphatic carbocycles. The second kappa shape index (κ2) is 5.48. The van der Waals surface area contributed by atoms with Crippen molar-refractivity contribution in [3.05, 3.63) is 59.7 Å². The normalized spacial score (nSPS) is 10.1. The maximum absolute atomic E-state index is 13.0. The first-order chi connectivity index (χ1) is 9.10. The molecule has 0 N–H and O–H groups in total. The molecule has 0 bridgehead atoms. The quantitative estimate of drug-likeness (QED) is 0.631. The van der Waals surface area contributed by atoms with E-state index < -0.39 is 17.6 Å². The minimum atomic E-state index is -1.09. The average molecular weight is 264 g/mol. The Morgan fingerprint density at radius 3 is 2.16 bits per heavy atom. The molecule has 2 aromatic carbocycles. The first-order valence-electron chi connectivity index (χ1n) is 5.41. The Morgan fingerprint density at radius 1 is 0.947 bits per heavy atom. The smallest absolute Gasteiger partial charge is 0.343 e. The minimum Gasteiger partial charge on any atom is -0.497 e. The van der Waals surface area contributed by atoms with E-state index in [0.29, 0.717) is 5.75 Å². The van der Waals surface area contributed by atoms with E-state index in [4.69, 9.17) is 9.47 Å². The summed E-state index contributed by atoms with van der Waals surface area (Å²) >= 11 is 0. The fourth-order valence-corrected chi connectivity index (χ4v) is 1.43. The second-order valence-electron chi connectivity index (χ2n) is 3.69. The molecule has 0 heterocycles. The number of methoxy groups -OCH3 is 1. The zero-order valence-corrected chi connectivity index (χ0v) is 10.0. The van der Waals surface area contributed by atoms with Crippen LogP contribution in [0.1, 0.15) is 10.4 Å². The fraction of sp³-hybridized carbons (Fsp3) is 0.0714. The lowest BCUT2D eigenvalue weighted by molar-refractivity contribution is 0.0734. The molecule has 0 amide bonds. The van der Waals surface area contributed by atoms with E-state index in [1.165, 1.54) is 19.2 Å². The molecule has 0 saturated carbocycles. The Kier molecular flexibility index (Phi) is 3.75. The molecule has 0 aliphatic heterocycles. The van der Waals surface area contributed by atoms with Gasteiger partial charge in [0.25, 0.3) is 0 Å². The van der Waals surface area contributed by atoms with E-state index in [9.17, 15) is 13.6 Å². The predicted octanol–water partition coefficient (Wildman–Crippen LogP) is 3.19. The Balaban J connectivity index is 2.13. The lowest BCUT2D eigenvalue weighted by atomic mass is 10.2. The van der Waals surface area contributed by atoms with Crippen molar-refractivity contribution in [1.82, 2.24) is 0 Å². The molecule has 0 radical (unpaired) electrons. The zero-order chi connectivity index (χ0) is 13.8. The molecule has 0 unspecified atom stereocenters. The number of carbonyl (C=O) groups excluding carboxylic acids is 1. The van der Waals surface area contributed by atoms with Gasteiger partial charge in [0.2, 0.25) is 0 Å². The van der Waals surface area contributed by atoms with Crippen LogP contribution < -0.4 is 9.47 Å². The molecule has 5 heteroatoms. The van der Waals surface area contributed by atoms with Gasteiger partial charge in [-0.15, -0.1) is 0 Å². The minimum absolute atomic E-state index is 0.0604. The molecule has 0 saturated heterocycles. The molecule has 2 aromatic rings. The fourth-order valence-electron chi connectivity index (χ4n) is 1.43. The van der Waals surface area contributed by atoms with Gasteiger partial charge in [-0.2, -0.15) is 0 Å². The summed E-state index contributed by atoms with van der Waals surface area (Å²) in [7, 11) is 1.52. The van der Waals surface area contributed by atoms with Crippen molar-refractivity contribution in [2.45, 2.75) is 0 Å². The number of esters is 1. The maximum Gasteiger partial charge on any atom is 0.343 e. The number of carbonyl (C=O) groups is 1. The highest BCUT2D eigenvalue weighted by Gasteiger charge is 2.11. The maximum atomic E-state index is 13.0. The molecular formula is C14H10F2O3. The summed E-state index contributed by atoms with van der Waals surface area (Å²) in [5, 5.41) is 0. The third-order valence-electron chi connectivity index (χ3n) is 2.43. The Hall–Kier alpha value is -2.43. The van der Waals surface area contributed by atoms with Gasteiger partial charge in [0.05, 0.1) is 12.7 Å². The summed E-state index contributed by atoms with van der Waals surface area (Å²) in [5.74, 6) is -1.96. The van der Waals surface area contributed by atoms with E-state index in [1.807, 2.05) is 0 Å². The van der Waals surface area contributed by atoms with E-state index in [2.05, 4.69) is 0 Å². The standard InChI is InChI=1S/C14H10F2O3/c1-18-10-3-5-11(6-4-10)19-14(17)9-2-7-12(15)13(16)8-9/h2-8H,1H3. The Morgan fingerprint density at radius 2 is 1.58 bits per heavy atom. The van der Waals surface area contributed by atoms with Crippen LogP contribution in [0.2, 0.25) is 0 Å². The van der Waals surface area contributed by atoms with Gasteiger partial charge in [0, 0.05) is 0 Å². The molecule has 2 rings (SSSR count). The molecule has 0 aliphatic rings. The summed E-state index contributed by atoms with van der Waals surface area (Å²) in [6.45, 7) is 0. The van der Waals surface area contributed by atoms with Gasteiger partial charge >= 0.3 is 5.97 Å². The van der Waals surface area contributed by atoms with Gasteiger partial charge in [-0.1, -0.05) is 0 Å². The van der Waals surface area contributed by atoms with Crippen LogP contribution in [0.5, 0.6) is 11.5 Å². The van der Waals surface area contributed by atoms with Crippen molar-refractivity contribution in [1.29, 1.82) is 0 Å². The van der Waals surface area contributed by atoms with Crippen LogP contribution in [0.25, 0.3) is 0 Å². The average Bonchev–Trinajstić information content (AvgIpc) is 2.42. The van der Waals surface area contributed by atoms with E-state index >= 15 is 0 Å². The summed E-state index contributed by atoms with van der Waals surface area (Å²) in [4.78, 5) is 11.7. The van der Waals surface area contributed by atoms with Crippen LogP contribution >= 0.6 is 0 Å². The van der Waals surface area contributed by atoms with Gasteiger partial charge < -0.3 is 9.47 Å². The summed E-state index contributed by atoms with van der Waals surface area (Å²) in [6, 6.07) is 9.14. The number of hydrogen-bond acceptors (Lipinski definition) is 3. The van der Waals surface area contributed by atoms with Gasteiger partial charge in [-0.3, -0.25) is 0 Å². The van der Waals surface area contributed by atoms with Crippen molar-refractivity contribution in [2.24, 2.45) is 0 Å². The van der Waals surface area contributed by atoms with Crippen LogP contribution in [0, 0.1) is 11.6 Å². The summed E-state index contributed by atoms with van der Waals surface area (Å²) in [6.07, 6.45) is 0. The first kappa shape index (κ1) is 13.0. The SMILES string of the molecule is COc1ccc(OC(=O)c2ccc(F)c(F)c2)cc1. The van der Waals surface area contributed by atoms with Crippen LogP contribution in [-0.4, -0.2) is 13.1 Å². The highest BCUT2D eigenvalue weighted by molar-refractivity contribution is 5.91. The van der Waals surface area contributed by atoms with Crippen LogP contribution in [0.15, 0.2) is 42.5 Å². The van der Waals surface area contributed by atoms with Gasteiger partial charge in [0.1, 0.15) is 11.5 Å². The Bertz CT molecular complexity index is 594. The van der Waals surface area contributed by atoms with Crippen molar-refractivity contribution < 1.29 is 23.0 Å². The number of halogens is 2. The van der Waals surface area contributed by atoms with E-state index in [0.717, 1.165) is 18.2 Å². The second-order valence-corrected chi connectivity index (χ2v) is 3.69. The number of hydrogen-bond donors (Lipinski definition) is 0. The third-order valence-corrected chi connectivity index (χ3v) is 2.43. The van der Waals surface area contributed by atoms with E-state index in [1.54, 1.807) is 12.1 Å². The molecule has 19 heavy (non-hydrogen) atoms. The Labute approximate surface area is 108 Å². The van der Waals surface area contributed by atoms with Crippen molar-refractivity contribution in [3.63, 3.8) is 0 Å². The van der Waals surface area contributed by atoms with Crippen LogP contribution in [0.3, 0.4) is 0 Å². The van der Waals surface area contributed by atoms with E-state index in [-0.39, 0.29) is 11.3 Å². The van der Waals surface area contributed by atoms with Gasteiger partial charge in [-0.05, 0) is 42.5 Å². The van der Waals surface area contributed by atoms with Crippen molar-refractivity contribution >= 4 is 5.97 Å². The first-order valence-corrected chi connectivity index (χ1v) is 5.41. The highest BCUT2D eigenvalue weighted by atomic mass is 19.2. The lowest BCUT2D eigenvalue weighted by Crippen LogP contribution is -2.09. The van der Waals surface area contributed by atoms with Crippen LogP contribution in [0.4, 0.5) is 8.78 Å². The molecule has 0 atom stereocenters. The van der Waals surface area contributed by atoms with Gasteiger partial charge in [0.15, 0.2) is 11.6 Å². The topological polar surface area (TPSA) is 35.5 Å². The monoisotopic (exact) mass is 264 g/mol. The lowest BCUT2D eigenvalue weighted by Gasteiger charge is -2.05. The molecule has 0 aromatic heterocycles. The largest absolute Gasteiger partial charge is 0.497 e. The van der Waals surface area contributed by atoms with Crippen LogP contribution in [-0.2, 0) is 0 Å². The number of benzene rings is 2.